The molecule has 8 nitrogen and oxygen atoms in total. The Balaban J connectivity index is 1.57. The van der Waals surface area contributed by atoms with Crippen LogP contribution in [0.15, 0.2) is 53.7 Å². The topological polar surface area (TPSA) is 83.1 Å². The Bertz CT molecular complexity index is 1120. The van der Waals surface area contributed by atoms with Crippen LogP contribution in [0.3, 0.4) is 0 Å². The lowest BCUT2D eigenvalue weighted by atomic mass is 9.94. The van der Waals surface area contributed by atoms with Gasteiger partial charge in [-0.15, -0.1) is 0 Å². The van der Waals surface area contributed by atoms with E-state index in [0.29, 0.717) is 23.6 Å². The Hall–Kier alpha value is -3.52. The first-order chi connectivity index (χ1) is 16.9. The van der Waals surface area contributed by atoms with Crippen molar-refractivity contribution in [2.45, 2.75) is 26.8 Å². The second kappa shape index (κ2) is 10.8. The number of urea groups is 1. The second-order valence-electron chi connectivity index (χ2n) is 8.90. The highest BCUT2D eigenvalue weighted by molar-refractivity contribution is 5.95. The van der Waals surface area contributed by atoms with E-state index in [-0.39, 0.29) is 12.6 Å². The molecule has 186 valence electrons. The van der Waals surface area contributed by atoms with E-state index >= 15 is 0 Å². The molecule has 4 rings (SSSR count). The highest BCUT2D eigenvalue weighted by Gasteiger charge is 2.35. The van der Waals surface area contributed by atoms with E-state index < -0.39 is 12.0 Å². The summed E-state index contributed by atoms with van der Waals surface area (Å²) in [5.41, 5.74) is 5.64. The van der Waals surface area contributed by atoms with Gasteiger partial charge in [0.2, 0.25) is 0 Å². The largest absolute Gasteiger partial charge is 0.497 e. The fourth-order valence-electron chi connectivity index (χ4n) is 4.71. The molecule has 2 N–H and O–H groups in total. The first kappa shape index (κ1) is 24.6. The van der Waals surface area contributed by atoms with Gasteiger partial charge in [-0.2, -0.15) is 0 Å². The molecule has 8 heteroatoms. The van der Waals surface area contributed by atoms with E-state index in [4.69, 9.17) is 9.47 Å². The van der Waals surface area contributed by atoms with Crippen LogP contribution in [-0.4, -0.2) is 63.3 Å². The van der Waals surface area contributed by atoms with E-state index in [1.807, 2.05) is 24.3 Å². The average molecular weight is 479 g/mol. The van der Waals surface area contributed by atoms with Gasteiger partial charge in [0, 0.05) is 44.1 Å². The highest BCUT2D eigenvalue weighted by Crippen LogP contribution is 2.30. The number of amides is 2. The maximum absolute atomic E-state index is 13.1. The van der Waals surface area contributed by atoms with Crippen molar-refractivity contribution >= 4 is 17.7 Å². The van der Waals surface area contributed by atoms with Gasteiger partial charge in [0.25, 0.3) is 0 Å². The number of aryl methyl sites for hydroxylation is 1. The Morgan fingerprint density at radius 3 is 2.54 bits per heavy atom. The number of nitrogens with zero attached hydrogens (tertiary/aromatic N) is 2. The standard InChI is InChI=1S/C27H34N4O4/c1-5-35-26(32)24-22(28-27(33)29-25(24)20-9-7-10-21(16-20)34-4)17-30-12-14-31(15-13-30)23-11-6-8-18(2)19(23)3/h6-11,16,25H,5,12-15,17H2,1-4H3,(H2,28,29,33)/t25-/m1/s1. The van der Waals surface area contributed by atoms with Crippen molar-refractivity contribution in [3.8, 4) is 5.75 Å². The third kappa shape index (κ3) is 5.43. The number of hydrogen-bond donors (Lipinski definition) is 2. The number of benzene rings is 2. The van der Waals surface area contributed by atoms with Crippen LogP contribution < -0.4 is 20.3 Å². The van der Waals surface area contributed by atoms with Gasteiger partial charge in [-0.05, 0) is 55.7 Å². The molecule has 2 aromatic carbocycles. The molecule has 1 atom stereocenters. The van der Waals surface area contributed by atoms with Crippen molar-refractivity contribution in [1.29, 1.82) is 0 Å². The molecular weight excluding hydrogens is 444 g/mol. The van der Waals surface area contributed by atoms with Crippen LogP contribution in [0, 0.1) is 13.8 Å². The van der Waals surface area contributed by atoms with Crippen LogP contribution in [0.1, 0.15) is 29.7 Å². The summed E-state index contributed by atoms with van der Waals surface area (Å²) < 4.78 is 10.8. The van der Waals surface area contributed by atoms with Gasteiger partial charge >= 0.3 is 12.0 Å². The Morgan fingerprint density at radius 1 is 1.09 bits per heavy atom. The number of carbonyl (C=O) groups excluding carboxylic acids is 2. The highest BCUT2D eigenvalue weighted by atomic mass is 16.5. The summed E-state index contributed by atoms with van der Waals surface area (Å²) >= 11 is 0. The zero-order valence-corrected chi connectivity index (χ0v) is 20.9. The van der Waals surface area contributed by atoms with Crippen LogP contribution in [0.5, 0.6) is 5.75 Å². The van der Waals surface area contributed by atoms with Gasteiger partial charge in [0.05, 0.1) is 25.3 Å². The minimum Gasteiger partial charge on any atom is -0.497 e. The lowest BCUT2D eigenvalue weighted by molar-refractivity contribution is -0.139. The molecule has 0 bridgehead atoms. The molecule has 1 fully saturated rings. The van der Waals surface area contributed by atoms with Gasteiger partial charge < -0.3 is 25.0 Å². The van der Waals surface area contributed by atoms with Crippen LogP contribution in [-0.2, 0) is 9.53 Å². The summed E-state index contributed by atoms with van der Waals surface area (Å²) in [7, 11) is 1.59. The number of carbonyl (C=O) groups is 2. The van der Waals surface area contributed by atoms with Gasteiger partial charge in [0.15, 0.2) is 0 Å². The van der Waals surface area contributed by atoms with Crippen molar-refractivity contribution in [2.24, 2.45) is 0 Å². The van der Waals surface area contributed by atoms with Crippen molar-refractivity contribution in [1.82, 2.24) is 15.5 Å². The van der Waals surface area contributed by atoms with Crippen molar-refractivity contribution in [2.75, 3.05) is 51.3 Å². The number of nitrogens with one attached hydrogen (secondary N) is 2. The van der Waals surface area contributed by atoms with Crippen molar-refractivity contribution in [3.05, 3.63) is 70.4 Å². The number of esters is 1. The first-order valence-corrected chi connectivity index (χ1v) is 12.1. The minimum atomic E-state index is -0.621. The quantitative estimate of drug-likeness (QED) is 0.594. The van der Waals surface area contributed by atoms with Crippen LogP contribution in [0.2, 0.25) is 0 Å². The number of methoxy groups -OCH3 is 1. The summed E-state index contributed by atoms with van der Waals surface area (Å²) in [5, 5.41) is 5.77. The third-order valence-electron chi connectivity index (χ3n) is 6.75. The second-order valence-corrected chi connectivity index (χ2v) is 8.90. The predicted octanol–water partition coefficient (Wildman–Crippen LogP) is 3.31. The SMILES string of the molecule is CCOC(=O)C1=C(CN2CCN(c3cccc(C)c3C)CC2)NC(=O)N[C@@H]1c1cccc(OC)c1. The zero-order valence-electron chi connectivity index (χ0n) is 20.9. The average Bonchev–Trinajstić information content (AvgIpc) is 2.86. The van der Waals surface area contributed by atoms with Crippen molar-refractivity contribution in [3.63, 3.8) is 0 Å². The molecule has 0 aromatic heterocycles. The van der Waals surface area contributed by atoms with Crippen LogP contribution in [0.4, 0.5) is 10.5 Å². The Labute approximate surface area is 206 Å². The zero-order chi connectivity index (χ0) is 24.9. The molecule has 0 aliphatic carbocycles. The normalized spacial score (nSPS) is 18.7. The number of ether oxygens (including phenoxy) is 2. The van der Waals surface area contributed by atoms with Crippen LogP contribution >= 0.6 is 0 Å². The summed E-state index contributed by atoms with van der Waals surface area (Å²) in [6, 6.07) is 12.8. The fraction of sp³-hybridized carbons (Fsp3) is 0.407. The van der Waals surface area contributed by atoms with Crippen molar-refractivity contribution < 1.29 is 19.1 Å². The minimum absolute atomic E-state index is 0.253. The number of piperazine rings is 1. The van der Waals surface area contributed by atoms with Gasteiger partial charge in [-0.3, -0.25) is 4.90 Å². The number of hydrogen-bond acceptors (Lipinski definition) is 6. The van der Waals surface area contributed by atoms with E-state index in [0.717, 1.165) is 31.7 Å². The number of rotatable bonds is 7. The molecule has 0 saturated carbocycles. The van der Waals surface area contributed by atoms with E-state index in [1.54, 1.807) is 14.0 Å². The summed E-state index contributed by atoms with van der Waals surface area (Å²) in [5.74, 6) is 0.222. The molecule has 2 amide bonds. The molecule has 2 aliphatic heterocycles. The molecule has 0 spiro atoms. The molecule has 2 heterocycles. The smallest absolute Gasteiger partial charge is 0.338 e. The fourth-order valence-corrected chi connectivity index (χ4v) is 4.71. The van der Waals surface area contributed by atoms with Crippen LogP contribution in [0.25, 0.3) is 0 Å². The molecule has 0 radical (unpaired) electrons. The Morgan fingerprint density at radius 2 is 1.83 bits per heavy atom. The summed E-state index contributed by atoms with van der Waals surface area (Å²) in [6.45, 7) is 10.2. The maximum Gasteiger partial charge on any atom is 0.338 e. The molecule has 1 saturated heterocycles. The molecular formula is C27H34N4O4. The van der Waals surface area contributed by atoms with Gasteiger partial charge in [-0.25, -0.2) is 9.59 Å². The van der Waals surface area contributed by atoms with Gasteiger partial charge in [0.1, 0.15) is 5.75 Å². The van der Waals surface area contributed by atoms with E-state index in [2.05, 4.69) is 52.5 Å². The first-order valence-electron chi connectivity index (χ1n) is 12.1. The molecule has 2 aliphatic rings. The maximum atomic E-state index is 13.1. The third-order valence-corrected chi connectivity index (χ3v) is 6.75. The monoisotopic (exact) mass is 478 g/mol. The molecule has 2 aromatic rings. The lowest BCUT2D eigenvalue weighted by Gasteiger charge is -2.38. The number of anilines is 1. The molecule has 0 unspecified atom stereocenters. The summed E-state index contributed by atoms with van der Waals surface area (Å²) in [4.78, 5) is 30.4. The Kier molecular flexibility index (Phi) is 7.60. The lowest BCUT2D eigenvalue weighted by Crippen LogP contribution is -2.52. The van der Waals surface area contributed by atoms with E-state index in [9.17, 15) is 9.59 Å². The predicted molar refractivity (Wildman–Crippen MR) is 136 cm³/mol. The van der Waals surface area contributed by atoms with Gasteiger partial charge in [-0.1, -0.05) is 24.3 Å². The molecule has 35 heavy (non-hydrogen) atoms. The summed E-state index contributed by atoms with van der Waals surface area (Å²) in [6.07, 6.45) is 0. The van der Waals surface area contributed by atoms with E-state index in [1.165, 1.54) is 16.8 Å².